The fourth-order valence-corrected chi connectivity index (χ4v) is 1.64. The monoisotopic (exact) mass is 159 g/mol. The van der Waals surface area contributed by atoms with Crippen LogP contribution in [0.15, 0.2) is 0 Å². The van der Waals surface area contributed by atoms with Gasteiger partial charge in [0.05, 0.1) is 6.10 Å². The first-order chi connectivity index (χ1) is 5.18. The Morgan fingerprint density at radius 2 is 2.27 bits per heavy atom. The van der Waals surface area contributed by atoms with Crippen LogP contribution < -0.4 is 0 Å². The summed E-state index contributed by atoms with van der Waals surface area (Å²) in [5.74, 6) is 0.105. The van der Waals surface area contributed by atoms with Gasteiger partial charge in [0.2, 0.25) is 6.54 Å². The number of aliphatic hydroxyl groups excluding tert-OH is 1. The van der Waals surface area contributed by atoms with Crippen LogP contribution in [-0.2, 0) is 0 Å². The predicted octanol–water partition coefficient (Wildman–Crippen LogP) is 0.814. The van der Waals surface area contributed by atoms with Crippen molar-refractivity contribution in [3.05, 3.63) is 10.1 Å². The second-order valence-electron chi connectivity index (χ2n) is 3.20. The number of aliphatic hydroxyl groups is 1. The lowest BCUT2D eigenvalue weighted by Crippen LogP contribution is -2.24. The maximum Gasteiger partial charge on any atom is 0.206 e. The molecule has 1 aliphatic rings. The van der Waals surface area contributed by atoms with Crippen LogP contribution in [0.4, 0.5) is 0 Å². The van der Waals surface area contributed by atoms with Gasteiger partial charge >= 0.3 is 0 Å². The molecule has 0 bridgehead atoms. The minimum Gasteiger partial charge on any atom is -0.393 e. The summed E-state index contributed by atoms with van der Waals surface area (Å²) >= 11 is 0. The first-order valence-electron chi connectivity index (χ1n) is 3.98. The second-order valence-corrected chi connectivity index (χ2v) is 3.20. The molecule has 4 nitrogen and oxygen atoms in total. The molecule has 0 aromatic carbocycles. The molecule has 1 saturated carbocycles. The summed E-state index contributed by atoms with van der Waals surface area (Å²) in [6, 6.07) is 0. The van der Waals surface area contributed by atoms with Gasteiger partial charge in [-0.1, -0.05) is 6.42 Å². The van der Waals surface area contributed by atoms with Crippen molar-refractivity contribution >= 4 is 0 Å². The smallest absolute Gasteiger partial charge is 0.206 e. The molecule has 64 valence electrons. The molecule has 0 heterocycles. The molecule has 0 saturated heterocycles. The van der Waals surface area contributed by atoms with Crippen LogP contribution in [0.25, 0.3) is 0 Å². The number of nitro groups is 1. The van der Waals surface area contributed by atoms with Gasteiger partial charge < -0.3 is 5.11 Å². The van der Waals surface area contributed by atoms with E-state index in [0.29, 0.717) is 6.42 Å². The van der Waals surface area contributed by atoms with Gasteiger partial charge in [0.15, 0.2) is 0 Å². The molecule has 1 aliphatic carbocycles. The highest BCUT2D eigenvalue weighted by atomic mass is 16.6. The summed E-state index contributed by atoms with van der Waals surface area (Å²) in [7, 11) is 0. The van der Waals surface area contributed by atoms with Gasteiger partial charge in [-0.2, -0.15) is 0 Å². The van der Waals surface area contributed by atoms with Crippen molar-refractivity contribution in [3.63, 3.8) is 0 Å². The average molecular weight is 159 g/mol. The quantitative estimate of drug-likeness (QED) is 0.479. The molecule has 0 radical (unpaired) electrons. The van der Waals surface area contributed by atoms with Crippen LogP contribution in [0, 0.1) is 16.0 Å². The summed E-state index contributed by atoms with van der Waals surface area (Å²) in [4.78, 5) is 9.81. The van der Waals surface area contributed by atoms with E-state index in [0.717, 1.165) is 19.3 Å². The van der Waals surface area contributed by atoms with Crippen molar-refractivity contribution in [1.82, 2.24) is 0 Å². The average Bonchev–Trinajstić information content (AvgIpc) is 1.85. The predicted molar refractivity (Wildman–Crippen MR) is 39.8 cm³/mol. The van der Waals surface area contributed by atoms with Gasteiger partial charge in [-0.05, 0) is 19.3 Å². The maximum atomic E-state index is 10.1. The van der Waals surface area contributed by atoms with Gasteiger partial charge in [0.1, 0.15) is 0 Å². The number of nitrogens with zero attached hydrogens (tertiary/aromatic N) is 1. The lowest BCUT2D eigenvalue weighted by atomic mass is 9.87. The van der Waals surface area contributed by atoms with E-state index in [4.69, 9.17) is 5.11 Å². The molecule has 0 aliphatic heterocycles. The third-order valence-corrected chi connectivity index (χ3v) is 2.16. The van der Waals surface area contributed by atoms with E-state index < -0.39 is 0 Å². The number of rotatable bonds is 2. The standard InChI is InChI=1S/C7H13NO3/c9-7-3-1-2-6(4-7)5-8(10)11/h6-7,9H,1-5H2/t6-,7+/m1/s1. The summed E-state index contributed by atoms with van der Waals surface area (Å²) < 4.78 is 0. The van der Waals surface area contributed by atoms with Crippen molar-refractivity contribution < 1.29 is 10.0 Å². The molecule has 0 amide bonds. The summed E-state index contributed by atoms with van der Waals surface area (Å²) in [5, 5.41) is 19.3. The Kier molecular flexibility index (Phi) is 2.82. The topological polar surface area (TPSA) is 63.4 Å². The molecule has 11 heavy (non-hydrogen) atoms. The number of hydrogen-bond acceptors (Lipinski definition) is 3. The molecular formula is C7H13NO3. The lowest BCUT2D eigenvalue weighted by Gasteiger charge is -2.22. The molecule has 0 unspecified atom stereocenters. The van der Waals surface area contributed by atoms with E-state index in [9.17, 15) is 10.1 Å². The van der Waals surface area contributed by atoms with Crippen LogP contribution >= 0.6 is 0 Å². The van der Waals surface area contributed by atoms with E-state index >= 15 is 0 Å². The first kappa shape index (κ1) is 8.46. The van der Waals surface area contributed by atoms with E-state index in [1.807, 2.05) is 0 Å². The molecule has 4 heteroatoms. The van der Waals surface area contributed by atoms with Gasteiger partial charge in [-0.3, -0.25) is 10.1 Å². The Bertz CT molecular complexity index is 149. The molecule has 1 rings (SSSR count). The van der Waals surface area contributed by atoms with Gasteiger partial charge in [0.25, 0.3) is 0 Å². The van der Waals surface area contributed by atoms with Gasteiger partial charge in [0, 0.05) is 10.8 Å². The SMILES string of the molecule is O=[N+]([O-])C[C@@H]1CCC[C@H](O)C1. The first-order valence-corrected chi connectivity index (χ1v) is 3.98. The van der Waals surface area contributed by atoms with E-state index in [1.165, 1.54) is 0 Å². The minimum absolute atomic E-state index is 0.0249. The second kappa shape index (κ2) is 3.67. The zero-order valence-corrected chi connectivity index (χ0v) is 6.40. The Morgan fingerprint density at radius 1 is 1.55 bits per heavy atom. The third-order valence-electron chi connectivity index (χ3n) is 2.16. The maximum absolute atomic E-state index is 10.1. The molecule has 2 atom stereocenters. The van der Waals surface area contributed by atoms with Crippen LogP contribution in [0.5, 0.6) is 0 Å². The highest BCUT2D eigenvalue weighted by Gasteiger charge is 2.23. The van der Waals surface area contributed by atoms with Gasteiger partial charge in [-0.25, -0.2) is 0 Å². The van der Waals surface area contributed by atoms with E-state index in [2.05, 4.69) is 0 Å². The molecule has 1 N–H and O–H groups in total. The Hall–Kier alpha value is -0.640. The highest BCUT2D eigenvalue weighted by molar-refractivity contribution is 4.71. The third kappa shape index (κ3) is 2.84. The van der Waals surface area contributed by atoms with Crippen molar-refractivity contribution in [2.24, 2.45) is 5.92 Å². The Labute approximate surface area is 65.4 Å². The Balaban J connectivity index is 2.28. The minimum atomic E-state index is -0.298. The van der Waals surface area contributed by atoms with Crippen LogP contribution in [-0.4, -0.2) is 22.7 Å². The lowest BCUT2D eigenvalue weighted by molar-refractivity contribution is -0.489. The molecule has 0 spiro atoms. The van der Waals surface area contributed by atoms with Gasteiger partial charge in [-0.15, -0.1) is 0 Å². The number of hydrogen-bond donors (Lipinski definition) is 1. The van der Waals surface area contributed by atoms with Crippen LogP contribution in [0.1, 0.15) is 25.7 Å². The zero-order valence-electron chi connectivity index (χ0n) is 6.40. The molecule has 0 aromatic heterocycles. The van der Waals surface area contributed by atoms with E-state index in [1.54, 1.807) is 0 Å². The summed E-state index contributed by atoms with van der Waals surface area (Å²) in [5.41, 5.74) is 0. The molecule has 1 fully saturated rings. The van der Waals surface area contributed by atoms with Crippen molar-refractivity contribution in [3.8, 4) is 0 Å². The molecular weight excluding hydrogens is 146 g/mol. The largest absolute Gasteiger partial charge is 0.393 e. The summed E-state index contributed by atoms with van der Waals surface area (Å²) in [6.45, 7) is 0.0249. The van der Waals surface area contributed by atoms with Crippen LogP contribution in [0.2, 0.25) is 0 Å². The fraction of sp³-hybridized carbons (Fsp3) is 1.00. The highest BCUT2D eigenvalue weighted by Crippen LogP contribution is 2.23. The fourth-order valence-electron chi connectivity index (χ4n) is 1.64. The normalized spacial score (nSPS) is 31.7. The van der Waals surface area contributed by atoms with Crippen molar-refractivity contribution in [1.29, 1.82) is 0 Å². The summed E-state index contributed by atoms with van der Waals surface area (Å²) in [6.07, 6.45) is 2.96. The molecule has 0 aromatic rings. The van der Waals surface area contributed by atoms with Crippen LogP contribution in [0.3, 0.4) is 0 Å². The van der Waals surface area contributed by atoms with Crippen molar-refractivity contribution in [2.75, 3.05) is 6.54 Å². The zero-order chi connectivity index (χ0) is 8.27. The Morgan fingerprint density at radius 3 is 2.82 bits per heavy atom. The van der Waals surface area contributed by atoms with Crippen molar-refractivity contribution in [2.45, 2.75) is 31.8 Å². The van der Waals surface area contributed by atoms with E-state index in [-0.39, 0.29) is 23.5 Å².